The fourth-order valence-corrected chi connectivity index (χ4v) is 3.89. The SMILES string of the molecule is CCn1cc2c3c(-c4ccccc4C)cccc3c3nccn3c2c1. The Kier molecular flexibility index (Phi) is 2.98. The lowest BCUT2D eigenvalue weighted by Gasteiger charge is -2.12. The van der Waals surface area contributed by atoms with Gasteiger partial charge in [-0.25, -0.2) is 4.98 Å². The Morgan fingerprint density at radius 1 is 0.920 bits per heavy atom. The maximum absolute atomic E-state index is 4.64. The van der Waals surface area contributed by atoms with Crippen LogP contribution in [0.5, 0.6) is 0 Å². The first-order valence-corrected chi connectivity index (χ1v) is 8.71. The maximum atomic E-state index is 4.64. The molecule has 0 aliphatic heterocycles. The average Bonchev–Trinajstić information content (AvgIpc) is 3.28. The van der Waals surface area contributed by atoms with Gasteiger partial charge in [-0.2, -0.15) is 0 Å². The summed E-state index contributed by atoms with van der Waals surface area (Å²) in [6.07, 6.45) is 8.42. The molecule has 3 aromatic heterocycles. The zero-order chi connectivity index (χ0) is 17.0. The van der Waals surface area contributed by atoms with Gasteiger partial charge in [0, 0.05) is 47.5 Å². The standard InChI is InChI=1S/C22H19N3/c1-3-24-13-19-20(14-24)25-12-11-23-22(25)18-10-6-9-17(21(18)19)16-8-5-4-7-15(16)2/h4-14H,3H2,1-2H3. The van der Waals surface area contributed by atoms with Crippen molar-refractivity contribution in [1.29, 1.82) is 0 Å². The number of benzene rings is 2. The normalized spacial score (nSPS) is 11.8. The molecule has 0 saturated heterocycles. The summed E-state index contributed by atoms with van der Waals surface area (Å²) in [6.45, 7) is 5.31. The zero-order valence-corrected chi connectivity index (χ0v) is 14.4. The van der Waals surface area contributed by atoms with Crippen LogP contribution in [0.3, 0.4) is 0 Å². The number of nitrogens with zero attached hydrogens (tertiary/aromatic N) is 3. The molecule has 0 atom stereocenters. The van der Waals surface area contributed by atoms with Gasteiger partial charge in [-0.1, -0.05) is 42.5 Å². The molecular formula is C22H19N3. The van der Waals surface area contributed by atoms with E-state index in [9.17, 15) is 0 Å². The molecule has 0 fully saturated rings. The van der Waals surface area contributed by atoms with Gasteiger partial charge in [0.05, 0.1) is 5.52 Å². The molecule has 25 heavy (non-hydrogen) atoms. The molecule has 0 aliphatic rings. The number of aromatic nitrogens is 3. The van der Waals surface area contributed by atoms with E-state index in [1.54, 1.807) is 0 Å². The van der Waals surface area contributed by atoms with Crippen molar-refractivity contribution in [2.75, 3.05) is 0 Å². The fourth-order valence-electron chi connectivity index (χ4n) is 3.89. The number of hydrogen-bond acceptors (Lipinski definition) is 1. The highest BCUT2D eigenvalue weighted by Gasteiger charge is 2.15. The van der Waals surface area contributed by atoms with E-state index >= 15 is 0 Å². The van der Waals surface area contributed by atoms with E-state index in [1.807, 2.05) is 6.20 Å². The Bertz CT molecular complexity index is 1240. The second kappa shape index (κ2) is 5.21. The van der Waals surface area contributed by atoms with Crippen molar-refractivity contribution in [3.8, 4) is 11.1 Å². The van der Waals surface area contributed by atoms with Gasteiger partial charge >= 0.3 is 0 Å². The Morgan fingerprint density at radius 3 is 2.60 bits per heavy atom. The molecule has 3 heterocycles. The van der Waals surface area contributed by atoms with Crippen molar-refractivity contribution in [3.63, 3.8) is 0 Å². The van der Waals surface area contributed by atoms with Crippen LogP contribution in [0.15, 0.2) is 67.3 Å². The lowest BCUT2D eigenvalue weighted by molar-refractivity contribution is 0.772. The molecule has 0 N–H and O–H groups in total. The third kappa shape index (κ3) is 1.96. The molecule has 0 spiro atoms. The van der Waals surface area contributed by atoms with Crippen molar-refractivity contribution >= 4 is 27.3 Å². The van der Waals surface area contributed by atoms with Crippen LogP contribution < -0.4 is 0 Å². The highest BCUT2D eigenvalue weighted by atomic mass is 15.0. The van der Waals surface area contributed by atoms with E-state index in [0.717, 1.165) is 12.2 Å². The van der Waals surface area contributed by atoms with Crippen molar-refractivity contribution in [2.45, 2.75) is 20.4 Å². The number of pyridine rings is 1. The summed E-state index contributed by atoms with van der Waals surface area (Å²) in [5.41, 5.74) is 6.09. The second-order valence-corrected chi connectivity index (χ2v) is 6.55. The Balaban J connectivity index is 2.04. The summed E-state index contributed by atoms with van der Waals surface area (Å²) in [5.74, 6) is 0. The monoisotopic (exact) mass is 325 g/mol. The van der Waals surface area contributed by atoms with Crippen molar-refractivity contribution in [3.05, 3.63) is 72.8 Å². The van der Waals surface area contributed by atoms with Gasteiger partial charge in [-0.3, -0.25) is 4.40 Å². The molecule has 3 heteroatoms. The van der Waals surface area contributed by atoms with Gasteiger partial charge in [0.1, 0.15) is 5.65 Å². The predicted octanol–water partition coefficient (Wildman–Crippen LogP) is 5.44. The molecule has 0 radical (unpaired) electrons. The molecular weight excluding hydrogens is 306 g/mol. The van der Waals surface area contributed by atoms with Gasteiger partial charge in [-0.15, -0.1) is 0 Å². The van der Waals surface area contributed by atoms with Crippen LogP contribution in [0.2, 0.25) is 0 Å². The Morgan fingerprint density at radius 2 is 1.76 bits per heavy atom. The molecule has 0 amide bonds. The zero-order valence-electron chi connectivity index (χ0n) is 14.4. The molecule has 2 aromatic carbocycles. The summed E-state index contributed by atoms with van der Waals surface area (Å²) in [6, 6.07) is 15.2. The molecule has 122 valence electrons. The number of aryl methyl sites for hydroxylation is 2. The van der Waals surface area contributed by atoms with Crippen molar-refractivity contribution in [1.82, 2.24) is 14.0 Å². The van der Waals surface area contributed by atoms with Crippen molar-refractivity contribution in [2.24, 2.45) is 0 Å². The van der Waals surface area contributed by atoms with Crippen LogP contribution in [-0.2, 0) is 6.54 Å². The highest BCUT2D eigenvalue weighted by molar-refractivity contribution is 6.17. The maximum Gasteiger partial charge on any atom is 0.145 e. The van der Waals surface area contributed by atoms with E-state index < -0.39 is 0 Å². The largest absolute Gasteiger partial charge is 0.352 e. The van der Waals surface area contributed by atoms with Crippen LogP contribution in [0.25, 0.3) is 38.4 Å². The predicted molar refractivity (Wildman–Crippen MR) is 104 cm³/mol. The minimum absolute atomic E-state index is 0.957. The minimum atomic E-state index is 0.957. The van der Waals surface area contributed by atoms with Gasteiger partial charge < -0.3 is 4.57 Å². The average molecular weight is 325 g/mol. The number of rotatable bonds is 2. The number of hydrogen-bond donors (Lipinski definition) is 0. The van der Waals surface area contributed by atoms with Gasteiger partial charge in [0.2, 0.25) is 0 Å². The topological polar surface area (TPSA) is 22.2 Å². The molecule has 5 rings (SSSR count). The van der Waals surface area contributed by atoms with Crippen LogP contribution >= 0.6 is 0 Å². The van der Waals surface area contributed by atoms with E-state index in [4.69, 9.17) is 0 Å². The Labute approximate surface area is 146 Å². The van der Waals surface area contributed by atoms with Gasteiger partial charge in [0.15, 0.2) is 0 Å². The summed E-state index contributed by atoms with van der Waals surface area (Å²) < 4.78 is 4.45. The third-order valence-electron chi connectivity index (χ3n) is 5.13. The van der Waals surface area contributed by atoms with Crippen LogP contribution in [0, 0.1) is 6.92 Å². The fraction of sp³-hybridized carbons (Fsp3) is 0.136. The van der Waals surface area contributed by atoms with E-state index in [-0.39, 0.29) is 0 Å². The van der Waals surface area contributed by atoms with Crippen LogP contribution in [-0.4, -0.2) is 14.0 Å². The number of imidazole rings is 1. The summed E-state index contributed by atoms with van der Waals surface area (Å²) in [7, 11) is 0. The third-order valence-corrected chi connectivity index (χ3v) is 5.13. The van der Waals surface area contributed by atoms with Crippen LogP contribution in [0.4, 0.5) is 0 Å². The first-order valence-electron chi connectivity index (χ1n) is 8.71. The van der Waals surface area contributed by atoms with E-state index in [0.29, 0.717) is 0 Å². The molecule has 0 bridgehead atoms. The Hall–Kier alpha value is -3.07. The van der Waals surface area contributed by atoms with Crippen LogP contribution in [0.1, 0.15) is 12.5 Å². The smallest absolute Gasteiger partial charge is 0.145 e. The lowest BCUT2D eigenvalue weighted by Crippen LogP contribution is -1.91. The van der Waals surface area contributed by atoms with E-state index in [2.05, 4.69) is 88.9 Å². The van der Waals surface area contributed by atoms with Gasteiger partial charge in [-0.05, 0) is 30.5 Å². The first kappa shape index (κ1) is 14.3. The minimum Gasteiger partial charge on any atom is -0.352 e. The van der Waals surface area contributed by atoms with Crippen molar-refractivity contribution < 1.29 is 0 Å². The molecule has 5 aromatic rings. The molecule has 0 aliphatic carbocycles. The second-order valence-electron chi connectivity index (χ2n) is 6.55. The van der Waals surface area contributed by atoms with Gasteiger partial charge in [0.25, 0.3) is 0 Å². The number of fused-ring (bicyclic) bond motifs is 6. The highest BCUT2D eigenvalue weighted by Crippen LogP contribution is 2.37. The summed E-state index contributed by atoms with van der Waals surface area (Å²) >= 11 is 0. The first-order chi connectivity index (χ1) is 12.3. The van der Waals surface area contributed by atoms with E-state index in [1.165, 1.54) is 38.4 Å². The summed E-state index contributed by atoms with van der Waals surface area (Å²) in [4.78, 5) is 4.64. The lowest BCUT2D eigenvalue weighted by atomic mass is 9.94. The molecule has 0 saturated carbocycles. The summed E-state index contributed by atoms with van der Waals surface area (Å²) in [5, 5.41) is 3.77. The quantitative estimate of drug-likeness (QED) is 0.424. The molecule has 3 nitrogen and oxygen atoms in total. The molecule has 0 unspecified atom stereocenters.